The first-order valence-electron chi connectivity index (χ1n) is 7.53. The molecule has 0 aliphatic heterocycles. The topological polar surface area (TPSA) is 65.5 Å². The summed E-state index contributed by atoms with van der Waals surface area (Å²) in [6.07, 6.45) is 2.55. The predicted octanol–water partition coefficient (Wildman–Crippen LogP) is 3.63. The Morgan fingerprint density at radius 3 is 2.54 bits per heavy atom. The third kappa shape index (κ3) is 4.35. The summed E-state index contributed by atoms with van der Waals surface area (Å²) in [5, 5.41) is 0.572. The van der Waals surface area contributed by atoms with E-state index in [1.807, 2.05) is 13.2 Å². The number of pyridine rings is 1. The molecule has 0 spiro atoms. The summed E-state index contributed by atoms with van der Waals surface area (Å²) in [7, 11) is 0. The Labute approximate surface area is 145 Å². The first-order chi connectivity index (χ1) is 11.6. The van der Waals surface area contributed by atoms with Gasteiger partial charge in [0.15, 0.2) is 6.10 Å². The van der Waals surface area contributed by atoms with Crippen LogP contribution in [0.4, 0.5) is 0 Å². The average Bonchev–Trinajstić information content (AvgIpc) is 2.61. The minimum atomic E-state index is -0.884. The Balaban J connectivity index is 2.06. The lowest BCUT2D eigenvalue weighted by Gasteiger charge is -2.13. The van der Waals surface area contributed by atoms with Gasteiger partial charge in [-0.05, 0) is 56.5 Å². The number of ether oxygens (including phenoxy) is 2. The van der Waals surface area contributed by atoms with E-state index >= 15 is 0 Å². The molecule has 0 aliphatic carbocycles. The number of carbonyl (C=O) groups is 2. The van der Waals surface area contributed by atoms with Gasteiger partial charge < -0.3 is 9.47 Å². The summed E-state index contributed by atoms with van der Waals surface area (Å²) >= 11 is 1.35. The molecule has 1 heterocycles. The molecule has 1 aromatic carbocycles. The van der Waals surface area contributed by atoms with E-state index in [1.54, 1.807) is 49.5 Å². The van der Waals surface area contributed by atoms with Gasteiger partial charge in [0.1, 0.15) is 10.8 Å². The maximum atomic E-state index is 12.4. The van der Waals surface area contributed by atoms with Gasteiger partial charge in [0.2, 0.25) is 5.78 Å². The van der Waals surface area contributed by atoms with Gasteiger partial charge in [-0.25, -0.2) is 9.78 Å². The van der Waals surface area contributed by atoms with E-state index in [9.17, 15) is 9.59 Å². The van der Waals surface area contributed by atoms with Gasteiger partial charge >= 0.3 is 5.97 Å². The van der Waals surface area contributed by atoms with Crippen molar-refractivity contribution in [2.45, 2.75) is 25.0 Å². The summed E-state index contributed by atoms with van der Waals surface area (Å²) in [5.41, 5.74) is 0.825. The van der Waals surface area contributed by atoms with Crippen molar-refractivity contribution in [2.24, 2.45) is 0 Å². The quantitative estimate of drug-likeness (QED) is 0.434. The highest BCUT2D eigenvalue weighted by atomic mass is 32.2. The lowest BCUT2D eigenvalue weighted by molar-refractivity contribution is 0.0314. The largest absolute Gasteiger partial charge is 0.494 e. The van der Waals surface area contributed by atoms with E-state index in [0.29, 0.717) is 28.5 Å². The molecule has 2 aromatic rings. The van der Waals surface area contributed by atoms with Gasteiger partial charge in [-0.2, -0.15) is 0 Å². The molecule has 0 fully saturated rings. The van der Waals surface area contributed by atoms with E-state index in [0.717, 1.165) is 0 Å². The van der Waals surface area contributed by atoms with Crippen LogP contribution in [-0.2, 0) is 4.74 Å². The summed E-state index contributed by atoms with van der Waals surface area (Å²) in [4.78, 5) is 28.8. The van der Waals surface area contributed by atoms with Gasteiger partial charge in [-0.3, -0.25) is 4.79 Å². The lowest BCUT2D eigenvalue weighted by Crippen LogP contribution is -2.24. The first-order valence-corrected chi connectivity index (χ1v) is 8.76. The van der Waals surface area contributed by atoms with Gasteiger partial charge in [0.25, 0.3) is 0 Å². The maximum absolute atomic E-state index is 12.4. The highest BCUT2D eigenvalue weighted by Crippen LogP contribution is 2.19. The van der Waals surface area contributed by atoms with Crippen molar-refractivity contribution in [2.75, 3.05) is 12.9 Å². The van der Waals surface area contributed by atoms with Crippen molar-refractivity contribution in [3.05, 3.63) is 53.7 Å². The highest BCUT2D eigenvalue weighted by Gasteiger charge is 2.22. The van der Waals surface area contributed by atoms with Crippen LogP contribution in [0.25, 0.3) is 0 Å². The Hall–Kier alpha value is -2.34. The summed E-state index contributed by atoms with van der Waals surface area (Å²) in [6.45, 7) is 4.01. The molecule has 0 radical (unpaired) electrons. The SMILES string of the molecule is CCOc1ccc(C(=O)[C@H](C)OC(=O)c2cccnc2SC)cc1. The molecule has 0 saturated carbocycles. The monoisotopic (exact) mass is 345 g/mol. The van der Waals surface area contributed by atoms with Gasteiger partial charge in [0, 0.05) is 11.8 Å². The summed E-state index contributed by atoms with van der Waals surface area (Å²) < 4.78 is 10.6. The van der Waals surface area contributed by atoms with Crippen molar-refractivity contribution >= 4 is 23.5 Å². The molecule has 5 nitrogen and oxygen atoms in total. The fourth-order valence-corrected chi connectivity index (χ4v) is 2.64. The molecule has 24 heavy (non-hydrogen) atoms. The molecule has 1 aromatic heterocycles. The van der Waals surface area contributed by atoms with Crippen LogP contribution in [0.1, 0.15) is 34.6 Å². The molecule has 0 unspecified atom stereocenters. The van der Waals surface area contributed by atoms with E-state index in [1.165, 1.54) is 11.8 Å². The number of nitrogens with zero attached hydrogens (tertiary/aromatic N) is 1. The number of hydrogen-bond acceptors (Lipinski definition) is 6. The molecule has 6 heteroatoms. The van der Waals surface area contributed by atoms with Crippen molar-refractivity contribution in [1.29, 1.82) is 0 Å². The number of aromatic nitrogens is 1. The van der Waals surface area contributed by atoms with E-state index in [2.05, 4.69) is 4.98 Å². The highest BCUT2D eigenvalue weighted by molar-refractivity contribution is 7.98. The first kappa shape index (κ1) is 18.0. The zero-order valence-corrected chi connectivity index (χ0v) is 14.6. The minimum absolute atomic E-state index is 0.263. The van der Waals surface area contributed by atoms with Crippen LogP contribution in [0.5, 0.6) is 5.75 Å². The van der Waals surface area contributed by atoms with Crippen LogP contribution < -0.4 is 4.74 Å². The van der Waals surface area contributed by atoms with Crippen molar-refractivity contribution < 1.29 is 19.1 Å². The summed E-state index contributed by atoms with van der Waals surface area (Å²) in [5.74, 6) is -0.126. The Kier molecular flexibility index (Phi) is 6.37. The molecule has 0 amide bonds. The zero-order valence-electron chi connectivity index (χ0n) is 13.8. The number of carbonyl (C=O) groups excluding carboxylic acids is 2. The average molecular weight is 345 g/mol. The second-order valence-electron chi connectivity index (χ2n) is 4.93. The third-order valence-corrected chi connectivity index (χ3v) is 4.00. The van der Waals surface area contributed by atoms with Crippen LogP contribution in [0, 0.1) is 0 Å². The maximum Gasteiger partial charge on any atom is 0.341 e. The molecule has 0 aliphatic rings. The molecule has 2 rings (SSSR count). The van der Waals surface area contributed by atoms with Crippen molar-refractivity contribution in [3.63, 3.8) is 0 Å². The molecule has 0 saturated heterocycles. The normalized spacial score (nSPS) is 11.6. The molecule has 1 atom stereocenters. The van der Waals surface area contributed by atoms with Crippen molar-refractivity contribution in [3.8, 4) is 5.75 Å². The molecular formula is C18H19NO4S. The number of ketones is 1. The van der Waals surface area contributed by atoms with Crippen molar-refractivity contribution in [1.82, 2.24) is 4.98 Å². The molecule has 0 N–H and O–H groups in total. The zero-order chi connectivity index (χ0) is 17.5. The third-order valence-electron chi connectivity index (χ3n) is 3.29. The Morgan fingerprint density at radius 1 is 1.21 bits per heavy atom. The number of rotatable bonds is 7. The van der Waals surface area contributed by atoms with Crippen LogP contribution in [-0.4, -0.2) is 35.7 Å². The predicted molar refractivity (Wildman–Crippen MR) is 92.8 cm³/mol. The molecule has 126 valence electrons. The standard InChI is InChI=1S/C18H19NO4S/c1-4-22-14-9-7-13(8-10-14)16(20)12(2)23-18(21)15-6-5-11-19-17(15)24-3/h5-12H,4H2,1-3H3/t12-/m0/s1. The van der Waals surface area contributed by atoms with E-state index in [-0.39, 0.29) is 5.78 Å². The molecule has 0 bridgehead atoms. The smallest absolute Gasteiger partial charge is 0.341 e. The Bertz CT molecular complexity index is 715. The van der Waals surface area contributed by atoms with E-state index in [4.69, 9.17) is 9.47 Å². The number of hydrogen-bond donors (Lipinski definition) is 0. The number of Topliss-reactive ketones (excluding diaryl/α,β-unsaturated/α-hetero) is 1. The van der Waals surface area contributed by atoms with Crippen LogP contribution >= 0.6 is 11.8 Å². The number of esters is 1. The summed E-state index contributed by atoms with van der Waals surface area (Å²) in [6, 6.07) is 10.1. The second kappa shape index (κ2) is 8.49. The number of benzene rings is 1. The number of thioether (sulfide) groups is 1. The lowest BCUT2D eigenvalue weighted by atomic mass is 10.1. The van der Waals surface area contributed by atoms with Gasteiger partial charge in [0.05, 0.1) is 12.2 Å². The minimum Gasteiger partial charge on any atom is -0.494 e. The van der Waals surface area contributed by atoms with E-state index < -0.39 is 12.1 Å². The second-order valence-corrected chi connectivity index (χ2v) is 5.72. The fourth-order valence-electron chi connectivity index (χ4n) is 2.10. The van der Waals surface area contributed by atoms with Crippen LogP contribution in [0.15, 0.2) is 47.6 Å². The van der Waals surface area contributed by atoms with Gasteiger partial charge in [-0.1, -0.05) is 0 Å². The van der Waals surface area contributed by atoms with Crippen LogP contribution in [0.3, 0.4) is 0 Å². The fraction of sp³-hybridized carbons (Fsp3) is 0.278. The van der Waals surface area contributed by atoms with Crippen LogP contribution in [0.2, 0.25) is 0 Å². The molecular weight excluding hydrogens is 326 g/mol. The Morgan fingerprint density at radius 2 is 1.92 bits per heavy atom. The van der Waals surface area contributed by atoms with Gasteiger partial charge in [-0.15, -0.1) is 11.8 Å².